The lowest BCUT2D eigenvalue weighted by Gasteiger charge is -2.37. The highest BCUT2D eigenvalue weighted by Gasteiger charge is 2.33. The van der Waals surface area contributed by atoms with Gasteiger partial charge in [0.2, 0.25) is 0 Å². The Hall–Kier alpha value is -2.62. The lowest BCUT2D eigenvalue weighted by molar-refractivity contribution is 0.0265. The molecular formula is C26H39N7O2. The quantitative estimate of drug-likeness (QED) is 0.528. The average Bonchev–Trinajstić information content (AvgIpc) is 3.29. The summed E-state index contributed by atoms with van der Waals surface area (Å²) in [6, 6.07) is 8.10. The van der Waals surface area contributed by atoms with Gasteiger partial charge >= 0.3 is 0 Å². The Morgan fingerprint density at radius 3 is 2.63 bits per heavy atom. The van der Waals surface area contributed by atoms with E-state index >= 15 is 0 Å². The summed E-state index contributed by atoms with van der Waals surface area (Å²) in [6.45, 7) is 18.3. The monoisotopic (exact) mass is 481 g/mol. The SMILES string of the molecule is Cc1cccc2cc(CN(CCN3CCOCC3)[C@H](c3nnnn3C(C)(C)C)C(C)C)c(=O)[nH]c12. The fraction of sp³-hybridized carbons (Fsp3) is 0.615. The first kappa shape index (κ1) is 25.5. The number of aryl methyl sites for hydroxylation is 1. The molecule has 1 aliphatic rings. The minimum absolute atomic E-state index is 0.0407. The highest BCUT2D eigenvalue weighted by molar-refractivity contribution is 5.81. The van der Waals surface area contributed by atoms with E-state index in [4.69, 9.17) is 4.74 Å². The predicted molar refractivity (Wildman–Crippen MR) is 137 cm³/mol. The van der Waals surface area contributed by atoms with Crippen molar-refractivity contribution in [2.75, 3.05) is 39.4 Å². The highest BCUT2D eigenvalue weighted by atomic mass is 16.5. The molecule has 0 radical (unpaired) electrons. The maximum atomic E-state index is 13.2. The molecule has 1 aromatic carbocycles. The average molecular weight is 482 g/mol. The molecule has 35 heavy (non-hydrogen) atoms. The van der Waals surface area contributed by atoms with E-state index in [9.17, 15) is 4.79 Å². The molecule has 3 heterocycles. The van der Waals surface area contributed by atoms with Crippen molar-refractivity contribution >= 4 is 10.9 Å². The third-order valence-electron chi connectivity index (χ3n) is 6.76. The summed E-state index contributed by atoms with van der Waals surface area (Å²) in [4.78, 5) is 21.1. The van der Waals surface area contributed by atoms with Crippen LogP contribution in [-0.4, -0.2) is 74.4 Å². The number of morpholine rings is 1. The van der Waals surface area contributed by atoms with Crippen LogP contribution in [0.25, 0.3) is 10.9 Å². The summed E-state index contributed by atoms with van der Waals surface area (Å²) in [6.07, 6.45) is 0. The summed E-state index contributed by atoms with van der Waals surface area (Å²) in [5.74, 6) is 1.08. The van der Waals surface area contributed by atoms with Crippen molar-refractivity contribution in [1.29, 1.82) is 0 Å². The number of nitrogens with one attached hydrogen (secondary N) is 1. The van der Waals surface area contributed by atoms with Gasteiger partial charge in [-0.1, -0.05) is 32.0 Å². The number of aromatic amines is 1. The number of ether oxygens (including phenoxy) is 1. The minimum Gasteiger partial charge on any atom is -0.379 e. The van der Waals surface area contributed by atoms with Crippen LogP contribution in [0, 0.1) is 12.8 Å². The van der Waals surface area contributed by atoms with Gasteiger partial charge in [-0.15, -0.1) is 5.10 Å². The van der Waals surface area contributed by atoms with Gasteiger partial charge in [-0.3, -0.25) is 14.6 Å². The van der Waals surface area contributed by atoms with Gasteiger partial charge in [0.05, 0.1) is 30.3 Å². The van der Waals surface area contributed by atoms with E-state index in [2.05, 4.69) is 71.0 Å². The molecule has 4 rings (SSSR count). The zero-order valence-electron chi connectivity index (χ0n) is 21.9. The molecule has 0 spiro atoms. The van der Waals surface area contributed by atoms with E-state index in [1.54, 1.807) is 0 Å². The Kier molecular flexibility index (Phi) is 7.68. The molecule has 0 unspecified atom stereocenters. The van der Waals surface area contributed by atoms with Crippen molar-refractivity contribution in [2.24, 2.45) is 5.92 Å². The number of pyridine rings is 1. The molecule has 0 aliphatic carbocycles. The Morgan fingerprint density at radius 1 is 1.20 bits per heavy atom. The van der Waals surface area contributed by atoms with Crippen molar-refractivity contribution in [3.63, 3.8) is 0 Å². The molecular weight excluding hydrogens is 442 g/mol. The molecule has 1 atom stereocenters. The molecule has 1 saturated heterocycles. The topological polar surface area (TPSA) is 92.2 Å². The molecule has 0 amide bonds. The fourth-order valence-corrected chi connectivity index (χ4v) is 4.92. The summed E-state index contributed by atoms with van der Waals surface area (Å²) in [7, 11) is 0. The Labute approximate surface area is 207 Å². The number of hydrogen-bond acceptors (Lipinski definition) is 7. The highest BCUT2D eigenvalue weighted by Crippen LogP contribution is 2.31. The van der Waals surface area contributed by atoms with Gasteiger partial charge in [0.15, 0.2) is 5.82 Å². The second-order valence-electron chi connectivity index (χ2n) is 10.9. The van der Waals surface area contributed by atoms with Gasteiger partial charge < -0.3 is 9.72 Å². The molecule has 190 valence electrons. The maximum absolute atomic E-state index is 13.2. The second-order valence-corrected chi connectivity index (χ2v) is 10.9. The third-order valence-corrected chi connectivity index (χ3v) is 6.76. The van der Waals surface area contributed by atoms with Crippen LogP contribution in [0.4, 0.5) is 0 Å². The Balaban J connectivity index is 1.71. The molecule has 0 saturated carbocycles. The normalized spacial score (nSPS) is 16.5. The zero-order chi connectivity index (χ0) is 25.2. The number of aromatic nitrogens is 5. The number of tetrazole rings is 1. The van der Waals surface area contributed by atoms with Gasteiger partial charge in [0.25, 0.3) is 5.56 Å². The number of hydrogen-bond donors (Lipinski definition) is 1. The number of benzene rings is 1. The molecule has 1 fully saturated rings. The molecule has 9 nitrogen and oxygen atoms in total. The van der Waals surface area contributed by atoms with E-state index in [0.717, 1.165) is 67.2 Å². The van der Waals surface area contributed by atoms with E-state index in [1.807, 2.05) is 29.8 Å². The van der Waals surface area contributed by atoms with Crippen molar-refractivity contribution in [1.82, 2.24) is 35.0 Å². The lowest BCUT2D eigenvalue weighted by atomic mass is 9.99. The number of fused-ring (bicyclic) bond motifs is 1. The van der Waals surface area contributed by atoms with Crippen molar-refractivity contribution in [3.05, 3.63) is 51.6 Å². The summed E-state index contributed by atoms with van der Waals surface area (Å²) in [5, 5.41) is 13.9. The molecule has 1 N–H and O–H groups in total. The number of rotatable bonds is 8. The van der Waals surface area contributed by atoms with E-state index in [-0.39, 0.29) is 23.1 Å². The maximum Gasteiger partial charge on any atom is 0.252 e. The number of para-hydroxylation sites is 1. The molecule has 2 aromatic heterocycles. The minimum atomic E-state index is -0.250. The smallest absolute Gasteiger partial charge is 0.252 e. The van der Waals surface area contributed by atoms with Gasteiger partial charge in [0, 0.05) is 38.3 Å². The number of H-pyrrole nitrogens is 1. The van der Waals surface area contributed by atoms with E-state index < -0.39 is 0 Å². The van der Waals surface area contributed by atoms with Crippen molar-refractivity contribution in [2.45, 2.75) is 59.7 Å². The van der Waals surface area contributed by atoms with Gasteiger partial charge in [-0.05, 0) is 61.1 Å². The first-order valence-corrected chi connectivity index (χ1v) is 12.6. The van der Waals surface area contributed by atoms with E-state index in [1.165, 1.54) is 0 Å². The lowest BCUT2D eigenvalue weighted by Crippen LogP contribution is -2.44. The van der Waals surface area contributed by atoms with Crippen LogP contribution in [0.15, 0.2) is 29.1 Å². The van der Waals surface area contributed by atoms with Gasteiger partial charge in [-0.25, -0.2) is 4.68 Å². The molecule has 9 heteroatoms. The van der Waals surface area contributed by atoms with Crippen LogP contribution in [0.3, 0.4) is 0 Å². The van der Waals surface area contributed by atoms with Crippen LogP contribution in [-0.2, 0) is 16.8 Å². The van der Waals surface area contributed by atoms with Gasteiger partial charge in [-0.2, -0.15) is 0 Å². The first-order valence-electron chi connectivity index (χ1n) is 12.6. The van der Waals surface area contributed by atoms with Gasteiger partial charge in [0.1, 0.15) is 0 Å². The van der Waals surface area contributed by atoms with Crippen molar-refractivity contribution in [3.8, 4) is 0 Å². The third kappa shape index (κ3) is 5.79. The predicted octanol–water partition coefficient (Wildman–Crippen LogP) is 3.11. The standard InChI is InChI=1S/C26H39N7O2/c1-18(2)23(24-28-29-30-33(24)26(4,5)6)32(11-10-31-12-14-35-15-13-31)17-21-16-20-9-7-8-19(3)22(20)27-25(21)34/h7-9,16,18,23H,10-15,17H2,1-6H3,(H,27,34)/t23-/m0/s1. The molecule has 0 bridgehead atoms. The zero-order valence-corrected chi connectivity index (χ0v) is 21.9. The summed E-state index contributed by atoms with van der Waals surface area (Å²) in [5.41, 5.74) is 2.43. The van der Waals surface area contributed by atoms with Crippen LogP contribution in [0.1, 0.15) is 57.6 Å². The summed E-state index contributed by atoms with van der Waals surface area (Å²) >= 11 is 0. The fourth-order valence-electron chi connectivity index (χ4n) is 4.92. The summed E-state index contributed by atoms with van der Waals surface area (Å²) < 4.78 is 7.46. The van der Waals surface area contributed by atoms with Crippen LogP contribution in [0.5, 0.6) is 0 Å². The van der Waals surface area contributed by atoms with E-state index in [0.29, 0.717) is 6.54 Å². The largest absolute Gasteiger partial charge is 0.379 e. The Bertz CT molecular complexity index is 1190. The van der Waals surface area contributed by atoms with Crippen LogP contribution >= 0.6 is 0 Å². The number of nitrogens with zero attached hydrogens (tertiary/aromatic N) is 6. The second kappa shape index (κ2) is 10.6. The molecule has 3 aromatic rings. The van der Waals surface area contributed by atoms with Crippen molar-refractivity contribution < 1.29 is 4.74 Å². The first-order chi connectivity index (χ1) is 16.6. The molecule has 1 aliphatic heterocycles. The Morgan fingerprint density at radius 2 is 1.94 bits per heavy atom. The van der Waals surface area contributed by atoms with Crippen LogP contribution in [0.2, 0.25) is 0 Å². The van der Waals surface area contributed by atoms with Crippen LogP contribution < -0.4 is 5.56 Å².